The molecule has 3 N–H and O–H groups in total. The van der Waals surface area contributed by atoms with Crippen LogP contribution in [0.3, 0.4) is 0 Å². The Hall–Kier alpha value is -1.000. The quantitative estimate of drug-likeness (QED) is 0.686. The molecule has 1 aromatic heterocycles. The Morgan fingerprint density at radius 2 is 2.17 bits per heavy atom. The number of aromatic nitrogens is 1. The maximum absolute atomic E-state index is 10.4. The second-order valence-electron chi connectivity index (χ2n) is 1.88. The van der Waals surface area contributed by atoms with Gasteiger partial charge in [-0.25, -0.2) is 9.78 Å². The van der Waals surface area contributed by atoms with E-state index in [9.17, 15) is 4.79 Å². The van der Waals surface area contributed by atoms with Crippen molar-refractivity contribution < 1.29 is 9.90 Å². The van der Waals surface area contributed by atoms with Gasteiger partial charge < -0.3 is 10.8 Å². The number of nitrogens with two attached hydrogens (primary N) is 1. The normalized spacial score (nSPS) is 8.75. The molecule has 6 heteroatoms. The number of carboxylic acids is 1. The predicted octanol–water partition coefficient (Wildman–Crippen LogP) is 1.44. The Balaban J connectivity index is 0.00000121. The van der Waals surface area contributed by atoms with Crippen LogP contribution in [0.15, 0.2) is 12.1 Å². The largest absolute Gasteiger partial charge is 0.478 e. The fraction of sp³-hybridized carbons (Fsp3) is 0. The van der Waals surface area contributed by atoms with Crippen molar-refractivity contribution in [2.45, 2.75) is 0 Å². The smallest absolute Gasteiger partial charge is 0.338 e. The standard InChI is InChI=1S/C6H5ClN2O2.ClH/c7-5-3(6(10)11)1-2-4(8)9-5;/h1-2H,(H2,8,9)(H,10,11);1H. The maximum atomic E-state index is 10.4. The van der Waals surface area contributed by atoms with E-state index in [1.54, 1.807) is 0 Å². The van der Waals surface area contributed by atoms with Crippen molar-refractivity contribution in [3.05, 3.63) is 22.8 Å². The van der Waals surface area contributed by atoms with Crippen LogP contribution in [0, 0.1) is 0 Å². The van der Waals surface area contributed by atoms with Crippen molar-refractivity contribution in [1.82, 2.24) is 4.98 Å². The number of pyridine rings is 1. The maximum Gasteiger partial charge on any atom is 0.338 e. The number of nitrogens with zero attached hydrogens (tertiary/aromatic N) is 1. The van der Waals surface area contributed by atoms with Gasteiger partial charge >= 0.3 is 5.97 Å². The lowest BCUT2D eigenvalue weighted by Crippen LogP contribution is -2.00. The number of aromatic carboxylic acids is 1. The van der Waals surface area contributed by atoms with Gasteiger partial charge in [-0.05, 0) is 12.1 Å². The van der Waals surface area contributed by atoms with Crippen LogP contribution in [0.5, 0.6) is 0 Å². The number of nitrogen functional groups attached to an aromatic ring is 1. The fourth-order valence-corrected chi connectivity index (χ4v) is 0.849. The first-order valence-corrected chi connectivity index (χ1v) is 3.14. The second-order valence-corrected chi connectivity index (χ2v) is 2.24. The molecule has 0 amide bonds. The number of halogens is 2. The van der Waals surface area contributed by atoms with Gasteiger partial charge in [-0.3, -0.25) is 0 Å². The number of rotatable bonds is 1. The molecule has 0 atom stereocenters. The van der Waals surface area contributed by atoms with Crippen LogP contribution in [0.1, 0.15) is 10.4 Å². The monoisotopic (exact) mass is 208 g/mol. The number of hydrogen-bond acceptors (Lipinski definition) is 3. The number of hydrogen-bond donors (Lipinski definition) is 2. The van der Waals surface area contributed by atoms with Crippen molar-refractivity contribution in [2.75, 3.05) is 5.73 Å². The van der Waals surface area contributed by atoms with Gasteiger partial charge in [0.1, 0.15) is 11.0 Å². The minimum Gasteiger partial charge on any atom is -0.478 e. The van der Waals surface area contributed by atoms with Crippen molar-refractivity contribution in [2.24, 2.45) is 0 Å². The topological polar surface area (TPSA) is 76.2 Å². The van der Waals surface area contributed by atoms with Gasteiger partial charge in [-0.1, -0.05) is 11.6 Å². The summed E-state index contributed by atoms with van der Waals surface area (Å²) < 4.78 is 0. The first-order chi connectivity index (χ1) is 5.11. The third-order valence-corrected chi connectivity index (χ3v) is 1.39. The summed E-state index contributed by atoms with van der Waals surface area (Å²) >= 11 is 5.45. The van der Waals surface area contributed by atoms with Crippen molar-refractivity contribution in [1.29, 1.82) is 0 Å². The highest BCUT2D eigenvalue weighted by atomic mass is 35.5. The molecular formula is C6H6Cl2N2O2. The van der Waals surface area contributed by atoms with Gasteiger partial charge in [0.15, 0.2) is 0 Å². The van der Waals surface area contributed by atoms with Gasteiger partial charge in [0.05, 0.1) is 5.56 Å². The Morgan fingerprint density at radius 3 is 2.58 bits per heavy atom. The molecule has 0 fully saturated rings. The van der Waals surface area contributed by atoms with Crippen LogP contribution in [-0.2, 0) is 0 Å². The van der Waals surface area contributed by atoms with E-state index < -0.39 is 5.97 Å². The van der Waals surface area contributed by atoms with Crippen LogP contribution >= 0.6 is 24.0 Å². The summed E-state index contributed by atoms with van der Waals surface area (Å²) in [4.78, 5) is 13.9. The average molecular weight is 209 g/mol. The lowest BCUT2D eigenvalue weighted by atomic mass is 10.3. The first-order valence-electron chi connectivity index (χ1n) is 2.76. The molecule has 0 bridgehead atoms. The van der Waals surface area contributed by atoms with E-state index in [4.69, 9.17) is 22.4 Å². The molecule has 0 saturated carbocycles. The van der Waals surface area contributed by atoms with Crippen LogP contribution < -0.4 is 5.73 Å². The number of anilines is 1. The Bertz CT molecular complexity index is 304. The zero-order valence-electron chi connectivity index (χ0n) is 5.82. The SMILES string of the molecule is Cl.Nc1ccc(C(=O)O)c(Cl)n1. The van der Waals surface area contributed by atoms with Crippen molar-refractivity contribution >= 4 is 35.8 Å². The molecule has 12 heavy (non-hydrogen) atoms. The summed E-state index contributed by atoms with van der Waals surface area (Å²) in [5.41, 5.74) is 5.20. The third kappa shape index (κ3) is 2.25. The highest BCUT2D eigenvalue weighted by molar-refractivity contribution is 6.32. The van der Waals surface area contributed by atoms with Crippen LogP contribution in [-0.4, -0.2) is 16.1 Å². The minimum atomic E-state index is -1.11. The molecule has 0 aliphatic carbocycles. The molecule has 4 nitrogen and oxygen atoms in total. The molecule has 66 valence electrons. The molecule has 0 radical (unpaired) electrons. The molecule has 0 aliphatic heterocycles. The molecule has 1 aromatic rings. The van der Waals surface area contributed by atoms with Crippen LogP contribution in [0.25, 0.3) is 0 Å². The zero-order valence-corrected chi connectivity index (χ0v) is 7.39. The van der Waals surface area contributed by atoms with E-state index in [2.05, 4.69) is 4.98 Å². The lowest BCUT2D eigenvalue weighted by molar-refractivity contribution is 0.0696. The van der Waals surface area contributed by atoms with E-state index in [0.717, 1.165) is 0 Å². The first kappa shape index (κ1) is 11.0. The lowest BCUT2D eigenvalue weighted by Gasteiger charge is -1.97. The van der Waals surface area contributed by atoms with E-state index in [-0.39, 0.29) is 28.9 Å². The minimum absolute atomic E-state index is 0. The average Bonchev–Trinajstić information content (AvgIpc) is 1.85. The zero-order chi connectivity index (χ0) is 8.43. The molecule has 0 aliphatic rings. The van der Waals surface area contributed by atoms with E-state index >= 15 is 0 Å². The van der Waals surface area contributed by atoms with Gasteiger partial charge in [0.2, 0.25) is 0 Å². The van der Waals surface area contributed by atoms with E-state index in [0.29, 0.717) is 0 Å². The van der Waals surface area contributed by atoms with E-state index in [1.807, 2.05) is 0 Å². The predicted molar refractivity (Wildman–Crippen MR) is 47.9 cm³/mol. The van der Waals surface area contributed by atoms with Gasteiger partial charge in [0, 0.05) is 0 Å². The summed E-state index contributed by atoms with van der Waals surface area (Å²) in [6, 6.07) is 2.70. The highest BCUT2D eigenvalue weighted by Gasteiger charge is 2.08. The van der Waals surface area contributed by atoms with Crippen LogP contribution in [0.2, 0.25) is 5.15 Å². The van der Waals surface area contributed by atoms with Gasteiger partial charge in [-0.2, -0.15) is 0 Å². The molecular weight excluding hydrogens is 203 g/mol. The molecule has 1 heterocycles. The molecule has 0 unspecified atom stereocenters. The van der Waals surface area contributed by atoms with Crippen molar-refractivity contribution in [3.8, 4) is 0 Å². The number of carboxylic acid groups (broad SMARTS) is 1. The Morgan fingerprint density at radius 1 is 1.58 bits per heavy atom. The Labute approximate surface area is 79.8 Å². The van der Waals surface area contributed by atoms with Crippen LogP contribution in [0.4, 0.5) is 5.82 Å². The molecule has 1 rings (SSSR count). The van der Waals surface area contributed by atoms with Crippen molar-refractivity contribution in [3.63, 3.8) is 0 Å². The summed E-state index contributed by atoms with van der Waals surface area (Å²) in [7, 11) is 0. The summed E-state index contributed by atoms with van der Waals surface area (Å²) in [5.74, 6) is -0.900. The van der Waals surface area contributed by atoms with Gasteiger partial charge in [-0.15, -0.1) is 12.4 Å². The molecule has 0 saturated heterocycles. The second kappa shape index (κ2) is 4.13. The highest BCUT2D eigenvalue weighted by Crippen LogP contribution is 2.14. The summed E-state index contributed by atoms with van der Waals surface area (Å²) in [5, 5.41) is 8.41. The van der Waals surface area contributed by atoms with E-state index in [1.165, 1.54) is 12.1 Å². The summed E-state index contributed by atoms with van der Waals surface area (Å²) in [6.45, 7) is 0. The molecule has 0 spiro atoms. The number of carbonyl (C=O) groups is 1. The summed E-state index contributed by atoms with van der Waals surface area (Å²) in [6.07, 6.45) is 0. The molecule has 0 aromatic carbocycles. The fourth-order valence-electron chi connectivity index (χ4n) is 0.608. The third-order valence-electron chi connectivity index (χ3n) is 1.10. The Kier molecular flexibility index (Phi) is 3.79. The van der Waals surface area contributed by atoms with Gasteiger partial charge in [0.25, 0.3) is 0 Å².